The van der Waals surface area contributed by atoms with E-state index in [1.807, 2.05) is 0 Å². The van der Waals surface area contributed by atoms with Gasteiger partial charge < -0.3 is 15.3 Å². The molecule has 1 aromatic rings. The number of aliphatic hydroxyl groups excluding tert-OH is 3. The summed E-state index contributed by atoms with van der Waals surface area (Å²) in [6, 6.07) is 8.48. The Bertz CT molecular complexity index is 420. The molecule has 1 aliphatic rings. The Balaban J connectivity index is 0.000000232. The summed E-state index contributed by atoms with van der Waals surface area (Å²) in [4.78, 5) is 0. The Morgan fingerprint density at radius 3 is 2.39 bits per heavy atom. The fraction of sp³-hybridized carbons (Fsp3) is 0.333. The van der Waals surface area contributed by atoms with Crippen molar-refractivity contribution in [1.29, 1.82) is 0 Å². The maximum absolute atomic E-state index is 8.17. The molecule has 0 amide bonds. The van der Waals surface area contributed by atoms with Crippen molar-refractivity contribution in [3.05, 3.63) is 53.6 Å². The summed E-state index contributed by atoms with van der Waals surface area (Å²) in [5.41, 5.74) is 3.95. The maximum Gasteiger partial charge on any atom is 0.100 e. The second kappa shape index (κ2) is 7.11. The smallest absolute Gasteiger partial charge is 0.100 e. The topological polar surface area (TPSA) is 60.7 Å². The van der Waals surface area contributed by atoms with Crippen LogP contribution in [0.15, 0.2) is 42.5 Å². The Labute approximate surface area is 108 Å². The summed E-state index contributed by atoms with van der Waals surface area (Å²) in [7, 11) is 0. The molecule has 1 aromatic carbocycles. The maximum atomic E-state index is 8.17. The number of hydrogen-bond donors (Lipinski definition) is 3. The van der Waals surface area contributed by atoms with Crippen molar-refractivity contribution in [2.75, 3.05) is 13.2 Å². The minimum absolute atomic E-state index is 0.365. The summed E-state index contributed by atoms with van der Waals surface area (Å²) < 4.78 is 0. The third kappa shape index (κ3) is 3.81. The number of aliphatic hydroxyl groups is 3. The molecular formula is C15H20O3. The van der Waals surface area contributed by atoms with Crippen LogP contribution >= 0.6 is 0 Å². The lowest BCUT2D eigenvalue weighted by Crippen LogP contribution is -2.15. The van der Waals surface area contributed by atoms with E-state index in [1.165, 1.54) is 16.7 Å². The van der Waals surface area contributed by atoms with E-state index < -0.39 is 6.10 Å². The molecule has 1 atom stereocenters. The molecule has 0 spiro atoms. The van der Waals surface area contributed by atoms with Gasteiger partial charge in [0.05, 0.1) is 13.2 Å². The van der Waals surface area contributed by atoms with Gasteiger partial charge in [0, 0.05) is 5.92 Å². The first-order valence-electron chi connectivity index (χ1n) is 5.92. The normalized spacial score (nSPS) is 16.2. The second-order valence-corrected chi connectivity index (χ2v) is 4.33. The highest BCUT2D eigenvalue weighted by Crippen LogP contribution is 2.33. The van der Waals surface area contributed by atoms with Gasteiger partial charge in [-0.1, -0.05) is 48.6 Å². The summed E-state index contributed by atoms with van der Waals surface area (Å²) in [5, 5.41) is 24.0. The first-order chi connectivity index (χ1) is 8.60. The van der Waals surface area contributed by atoms with Crippen LogP contribution < -0.4 is 0 Å². The minimum atomic E-state index is -0.954. The van der Waals surface area contributed by atoms with Gasteiger partial charge in [-0.2, -0.15) is 0 Å². The van der Waals surface area contributed by atoms with Crippen LogP contribution in [0.1, 0.15) is 24.0 Å². The Morgan fingerprint density at radius 2 is 1.89 bits per heavy atom. The Hall–Kier alpha value is -1.42. The van der Waals surface area contributed by atoms with Crippen LogP contribution in [0.5, 0.6) is 0 Å². The SMILES string of the molecule is C=C(C)C1C=Cc2ccccc21.OCC(O)CO. The molecule has 18 heavy (non-hydrogen) atoms. The first kappa shape index (κ1) is 14.6. The summed E-state index contributed by atoms with van der Waals surface area (Å²) >= 11 is 0. The summed E-state index contributed by atoms with van der Waals surface area (Å²) in [6.45, 7) is 5.34. The monoisotopic (exact) mass is 248 g/mol. The largest absolute Gasteiger partial charge is 0.394 e. The van der Waals surface area contributed by atoms with Gasteiger partial charge in [0.2, 0.25) is 0 Å². The van der Waals surface area contributed by atoms with Crippen LogP contribution in [0.2, 0.25) is 0 Å². The highest BCUT2D eigenvalue weighted by molar-refractivity contribution is 5.64. The van der Waals surface area contributed by atoms with Gasteiger partial charge >= 0.3 is 0 Å². The van der Waals surface area contributed by atoms with Gasteiger partial charge in [0.25, 0.3) is 0 Å². The van der Waals surface area contributed by atoms with Crippen LogP contribution in [-0.4, -0.2) is 34.6 Å². The third-order valence-corrected chi connectivity index (χ3v) is 2.75. The fourth-order valence-corrected chi connectivity index (χ4v) is 1.74. The van der Waals surface area contributed by atoms with E-state index >= 15 is 0 Å². The molecule has 3 nitrogen and oxygen atoms in total. The number of benzene rings is 1. The molecule has 0 saturated carbocycles. The van der Waals surface area contributed by atoms with E-state index in [2.05, 4.69) is 49.9 Å². The zero-order chi connectivity index (χ0) is 13.5. The number of allylic oxidation sites excluding steroid dienone is 2. The van der Waals surface area contributed by atoms with E-state index in [0.29, 0.717) is 5.92 Å². The lowest BCUT2D eigenvalue weighted by atomic mass is 9.95. The van der Waals surface area contributed by atoms with Crippen molar-refractivity contribution >= 4 is 6.08 Å². The van der Waals surface area contributed by atoms with Gasteiger partial charge in [-0.15, -0.1) is 0 Å². The number of hydrogen-bond acceptors (Lipinski definition) is 3. The van der Waals surface area contributed by atoms with E-state index in [-0.39, 0.29) is 13.2 Å². The van der Waals surface area contributed by atoms with Crippen molar-refractivity contribution in [3.63, 3.8) is 0 Å². The van der Waals surface area contributed by atoms with E-state index in [4.69, 9.17) is 15.3 Å². The molecule has 0 heterocycles. The quantitative estimate of drug-likeness (QED) is 0.714. The molecule has 0 aliphatic heterocycles. The molecule has 2 rings (SSSR count). The van der Waals surface area contributed by atoms with Crippen molar-refractivity contribution in [1.82, 2.24) is 0 Å². The van der Waals surface area contributed by atoms with Crippen molar-refractivity contribution in [3.8, 4) is 0 Å². The molecule has 1 unspecified atom stereocenters. The van der Waals surface area contributed by atoms with Gasteiger partial charge in [-0.3, -0.25) is 0 Å². The summed E-state index contributed by atoms with van der Waals surface area (Å²) in [5.74, 6) is 0.446. The minimum Gasteiger partial charge on any atom is -0.394 e. The Kier molecular flexibility index (Phi) is 5.78. The molecule has 0 aromatic heterocycles. The first-order valence-corrected chi connectivity index (χ1v) is 5.92. The molecular weight excluding hydrogens is 228 g/mol. The lowest BCUT2D eigenvalue weighted by molar-refractivity contribution is 0.0450. The van der Waals surface area contributed by atoms with Gasteiger partial charge in [-0.05, 0) is 18.1 Å². The van der Waals surface area contributed by atoms with Gasteiger partial charge in [-0.25, -0.2) is 0 Å². The van der Waals surface area contributed by atoms with Gasteiger partial charge in [0.15, 0.2) is 0 Å². The van der Waals surface area contributed by atoms with Crippen LogP contribution in [0.3, 0.4) is 0 Å². The lowest BCUT2D eigenvalue weighted by Gasteiger charge is -2.09. The zero-order valence-corrected chi connectivity index (χ0v) is 10.6. The molecule has 98 valence electrons. The predicted octanol–water partition coefficient (Wildman–Crippen LogP) is 1.70. The molecule has 0 radical (unpaired) electrons. The van der Waals surface area contributed by atoms with Gasteiger partial charge in [0.1, 0.15) is 6.10 Å². The Morgan fingerprint density at radius 1 is 1.28 bits per heavy atom. The molecule has 3 N–H and O–H groups in total. The number of fused-ring (bicyclic) bond motifs is 1. The van der Waals surface area contributed by atoms with E-state index in [0.717, 1.165) is 0 Å². The van der Waals surface area contributed by atoms with E-state index in [9.17, 15) is 0 Å². The van der Waals surface area contributed by atoms with E-state index in [1.54, 1.807) is 0 Å². The standard InChI is InChI=1S/C12H12.C3H8O3/c1-9(2)11-8-7-10-5-3-4-6-12(10)11;4-1-3(6)2-5/h3-8,11H,1H2,2H3;3-6H,1-2H2. The van der Waals surface area contributed by atoms with Crippen LogP contribution in [0.25, 0.3) is 6.08 Å². The molecule has 1 aliphatic carbocycles. The molecule has 0 saturated heterocycles. The van der Waals surface area contributed by atoms with Crippen molar-refractivity contribution in [2.45, 2.75) is 18.9 Å². The van der Waals surface area contributed by atoms with Crippen LogP contribution in [0.4, 0.5) is 0 Å². The van der Waals surface area contributed by atoms with Crippen LogP contribution in [0, 0.1) is 0 Å². The molecule has 3 heteroatoms. The average Bonchev–Trinajstić information content (AvgIpc) is 2.82. The van der Waals surface area contributed by atoms with Crippen molar-refractivity contribution < 1.29 is 15.3 Å². The summed E-state index contributed by atoms with van der Waals surface area (Å²) in [6.07, 6.45) is 3.44. The highest BCUT2D eigenvalue weighted by atomic mass is 16.3. The van der Waals surface area contributed by atoms with Crippen LogP contribution in [-0.2, 0) is 0 Å². The number of rotatable bonds is 3. The zero-order valence-electron chi connectivity index (χ0n) is 10.6. The predicted molar refractivity (Wildman–Crippen MR) is 73.2 cm³/mol. The fourth-order valence-electron chi connectivity index (χ4n) is 1.74. The molecule has 0 fully saturated rings. The molecule has 0 bridgehead atoms. The third-order valence-electron chi connectivity index (χ3n) is 2.75. The second-order valence-electron chi connectivity index (χ2n) is 4.33. The highest BCUT2D eigenvalue weighted by Gasteiger charge is 2.16. The average molecular weight is 248 g/mol. The van der Waals surface area contributed by atoms with Crippen molar-refractivity contribution in [2.24, 2.45) is 0 Å².